The molecule has 156 valence electrons. The smallest absolute Gasteiger partial charge is 0.332 e. The van der Waals surface area contributed by atoms with Crippen LogP contribution in [0.15, 0.2) is 0 Å². The first kappa shape index (κ1) is 25.8. The van der Waals surface area contributed by atoms with Crippen molar-refractivity contribution >= 4 is 22.6 Å². The number of hydrogen-bond donors (Lipinski definition) is 2. The summed E-state index contributed by atoms with van der Waals surface area (Å²) < 4.78 is 12.0. The van der Waals surface area contributed by atoms with Crippen LogP contribution in [0.2, 0.25) is 35.8 Å². The van der Waals surface area contributed by atoms with Gasteiger partial charge in [-0.25, -0.2) is 4.79 Å². The third kappa shape index (κ3) is 7.80. The molecular weight excluding hydrogens is 362 g/mol. The summed E-state index contributed by atoms with van der Waals surface area (Å²) in [7, 11) is -1.88. The van der Waals surface area contributed by atoms with Crippen molar-refractivity contribution in [2.75, 3.05) is 20.2 Å². The lowest BCUT2D eigenvalue weighted by molar-refractivity contribution is -0.145. The molecule has 1 atom stereocenters. The lowest BCUT2D eigenvalue weighted by Crippen LogP contribution is -2.53. The molecule has 0 aliphatic rings. The second-order valence-electron chi connectivity index (χ2n) is 8.89. The first-order valence-corrected chi connectivity index (χ1v) is 15.3. The lowest BCUT2D eigenvalue weighted by atomic mass is 10.3. The van der Waals surface area contributed by atoms with Gasteiger partial charge < -0.3 is 19.3 Å². The number of unbranched alkanes of at least 4 members (excludes halogenated alkanes) is 1. The average molecular weight is 406 g/mol. The van der Waals surface area contributed by atoms with E-state index in [2.05, 4.69) is 60.0 Å². The van der Waals surface area contributed by atoms with Crippen molar-refractivity contribution in [1.82, 2.24) is 5.32 Å². The number of carboxylic acids is 1. The molecule has 0 fully saturated rings. The molecule has 0 aromatic rings. The molecule has 0 radical (unpaired) electrons. The molecule has 0 heterocycles. The first-order valence-electron chi connectivity index (χ1n) is 10.1. The molecule has 0 saturated carbocycles. The summed E-state index contributed by atoms with van der Waals surface area (Å²) in [5.41, 5.74) is 1.14. The van der Waals surface area contributed by atoms with E-state index in [1.54, 1.807) is 7.11 Å². The molecule has 7 heteroatoms. The monoisotopic (exact) mass is 405 g/mol. The molecular formula is C19H43NO4Si2. The number of hydrogen-bond acceptors (Lipinski definition) is 4. The largest absolute Gasteiger partial charge is 0.479 e. The van der Waals surface area contributed by atoms with Crippen LogP contribution in [-0.2, 0) is 13.6 Å². The fourth-order valence-corrected chi connectivity index (χ4v) is 10.8. The van der Waals surface area contributed by atoms with Crippen LogP contribution >= 0.6 is 0 Å². The molecule has 0 aliphatic carbocycles. The fourth-order valence-electron chi connectivity index (χ4n) is 3.97. The molecule has 5 nitrogen and oxygen atoms in total. The molecule has 0 rings (SSSR count). The summed E-state index contributed by atoms with van der Waals surface area (Å²) in [6.07, 6.45) is 1.38. The zero-order valence-corrected chi connectivity index (χ0v) is 20.5. The topological polar surface area (TPSA) is 67.8 Å². The second-order valence-corrected chi connectivity index (χ2v) is 18.7. The molecule has 0 aromatic carbocycles. The normalized spacial score (nSPS) is 14.5. The van der Waals surface area contributed by atoms with Crippen molar-refractivity contribution in [2.24, 2.45) is 0 Å². The minimum atomic E-state index is -2.19. The average Bonchev–Trinajstić information content (AvgIpc) is 2.51. The zero-order valence-electron chi connectivity index (χ0n) is 18.5. The van der Waals surface area contributed by atoms with Gasteiger partial charge >= 0.3 is 5.97 Å². The third-order valence-corrected chi connectivity index (χ3v) is 14.4. The van der Waals surface area contributed by atoms with E-state index in [1.165, 1.54) is 0 Å². The lowest BCUT2D eigenvalue weighted by Gasteiger charge is -2.43. The van der Waals surface area contributed by atoms with Crippen LogP contribution in [-0.4, -0.2) is 54.0 Å². The quantitative estimate of drug-likeness (QED) is 0.319. The summed E-state index contributed by atoms with van der Waals surface area (Å²) in [5.74, 6) is -0.857. The first-order chi connectivity index (χ1) is 11.9. The Hall–Kier alpha value is -0.216. The maximum atomic E-state index is 11.8. The van der Waals surface area contributed by atoms with E-state index >= 15 is 0 Å². The van der Waals surface area contributed by atoms with Gasteiger partial charge in [-0.3, -0.25) is 0 Å². The van der Waals surface area contributed by atoms with E-state index in [-0.39, 0.29) is 0 Å². The van der Waals surface area contributed by atoms with Crippen molar-refractivity contribution in [3.8, 4) is 0 Å². The van der Waals surface area contributed by atoms with Crippen LogP contribution in [0.1, 0.15) is 54.4 Å². The minimum absolute atomic E-state index is 0.376. The van der Waals surface area contributed by atoms with E-state index in [0.29, 0.717) is 23.2 Å². The molecule has 0 saturated heterocycles. The van der Waals surface area contributed by atoms with Gasteiger partial charge in [0.15, 0.2) is 14.4 Å². The van der Waals surface area contributed by atoms with Gasteiger partial charge in [0.05, 0.1) is 0 Å². The van der Waals surface area contributed by atoms with E-state index in [1.807, 2.05) is 0 Å². The summed E-state index contributed by atoms with van der Waals surface area (Å²) in [5, 5.41) is 13.0. The highest BCUT2D eigenvalue weighted by atomic mass is 28.4. The maximum Gasteiger partial charge on any atom is 0.332 e. The van der Waals surface area contributed by atoms with Gasteiger partial charge in [-0.2, -0.15) is 0 Å². The van der Waals surface area contributed by atoms with E-state index < -0.39 is 28.7 Å². The number of aliphatic carboxylic acids is 1. The van der Waals surface area contributed by atoms with Gasteiger partial charge in [0.25, 0.3) is 0 Å². The van der Waals surface area contributed by atoms with Crippen LogP contribution in [0.5, 0.6) is 0 Å². The fraction of sp³-hybridized carbons (Fsp3) is 0.947. The van der Waals surface area contributed by atoms with Crippen LogP contribution < -0.4 is 5.32 Å². The summed E-state index contributed by atoms with van der Waals surface area (Å²) in [6.45, 7) is 18.7. The number of rotatable bonds is 14. The van der Waals surface area contributed by atoms with Gasteiger partial charge in [-0.1, -0.05) is 48.0 Å². The Morgan fingerprint density at radius 2 is 1.50 bits per heavy atom. The highest BCUT2D eigenvalue weighted by molar-refractivity contribution is 6.77. The predicted octanol–water partition coefficient (Wildman–Crippen LogP) is 4.85. The molecule has 0 amide bonds. The molecule has 0 bridgehead atoms. The maximum absolute atomic E-state index is 11.8. The Morgan fingerprint density at radius 1 is 1.00 bits per heavy atom. The SMILES string of the molecule is CO[Si](C)(C)CCCCNCC(O[Si](C(C)C)(C(C)C)C(C)C)C(=O)O. The van der Waals surface area contributed by atoms with Gasteiger partial charge in [0, 0.05) is 13.7 Å². The number of nitrogens with one attached hydrogen (secondary N) is 1. The second kappa shape index (κ2) is 11.6. The number of carbonyl (C=O) groups is 1. The van der Waals surface area contributed by atoms with Crippen LogP contribution in [0, 0.1) is 0 Å². The van der Waals surface area contributed by atoms with Gasteiger partial charge in [0.1, 0.15) is 0 Å². The van der Waals surface area contributed by atoms with Gasteiger partial charge in [0.2, 0.25) is 8.32 Å². The van der Waals surface area contributed by atoms with Crippen LogP contribution in [0.4, 0.5) is 0 Å². The van der Waals surface area contributed by atoms with Crippen LogP contribution in [0.25, 0.3) is 0 Å². The van der Waals surface area contributed by atoms with Crippen molar-refractivity contribution in [2.45, 2.75) is 96.2 Å². The van der Waals surface area contributed by atoms with Crippen molar-refractivity contribution in [3.05, 3.63) is 0 Å². The summed E-state index contributed by atoms with van der Waals surface area (Å²) >= 11 is 0. The highest BCUT2D eigenvalue weighted by Gasteiger charge is 2.47. The molecule has 26 heavy (non-hydrogen) atoms. The van der Waals surface area contributed by atoms with E-state index in [4.69, 9.17) is 8.85 Å². The number of carboxylic acid groups (broad SMARTS) is 1. The Balaban J connectivity index is 4.68. The summed E-state index contributed by atoms with van der Waals surface area (Å²) in [4.78, 5) is 11.8. The molecule has 0 aromatic heterocycles. The third-order valence-electron chi connectivity index (χ3n) is 5.59. The molecule has 0 aliphatic heterocycles. The Bertz CT molecular complexity index is 393. The van der Waals surface area contributed by atoms with Crippen molar-refractivity contribution in [3.63, 3.8) is 0 Å². The van der Waals surface area contributed by atoms with E-state index in [0.717, 1.165) is 25.4 Å². The van der Waals surface area contributed by atoms with Gasteiger partial charge in [-0.15, -0.1) is 0 Å². The standard InChI is InChI=1S/C19H43NO4Si2/c1-15(2)26(16(3)4,17(5)6)24-18(19(21)22)14-20-12-10-11-13-25(8,9)23-7/h15-18,20H,10-14H2,1-9H3,(H,21,22). The summed E-state index contributed by atoms with van der Waals surface area (Å²) in [6, 6.07) is 1.13. The Morgan fingerprint density at radius 3 is 1.88 bits per heavy atom. The van der Waals surface area contributed by atoms with E-state index in [9.17, 15) is 9.90 Å². The Kier molecular flexibility index (Phi) is 11.5. The highest BCUT2D eigenvalue weighted by Crippen LogP contribution is 2.42. The Labute approximate surface area is 163 Å². The zero-order chi connectivity index (χ0) is 20.5. The minimum Gasteiger partial charge on any atom is -0.479 e. The van der Waals surface area contributed by atoms with Gasteiger partial charge in [-0.05, 0) is 48.7 Å². The van der Waals surface area contributed by atoms with Crippen LogP contribution in [0.3, 0.4) is 0 Å². The van der Waals surface area contributed by atoms with Crippen molar-refractivity contribution < 1.29 is 18.8 Å². The predicted molar refractivity (Wildman–Crippen MR) is 115 cm³/mol. The van der Waals surface area contributed by atoms with Crippen molar-refractivity contribution in [1.29, 1.82) is 0 Å². The molecule has 2 N–H and O–H groups in total. The molecule has 1 unspecified atom stereocenters. The molecule has 0 spiro atoms.